The highest BCUT2D eigenvalue weighted by atomic mass is 79.9. The van der Waals surface area contributed by atoms with Crippen molar-refractivity contribution in [3.8, 4) is 0 Å². The molecule has 1 aromatic heterocycles. The predicted molar refractivity (Wildman–Crippen MR) is 87.8 cm³/mol. The molecule has 1 saturated heterocycles. The summed E-state index contributed by atoms with van der Waals surface area (Å²) in [5, 5.41) is 6.40. The molecule has 2 heterocycles. The summed E-state index contributed by atoms with van der Waals surface area (Å²) >= 11 is 5.00. The third-order valence-electron chi connectivity index (χ3n) is 4.14. The van der Waals surface area contributed by atoms with Crippen molar-refractivity contribution in [2.24, 2.45) is 5.92 Å². The lowest BCUT2D eigenvalue weighted by Crippen LogP contribution is -2.44. The summed E-state index contributed by atoms with van der Waals surface area (Å²) < 4.78 is 12.3. The van der Waals surface area contributed by atoms with Crippen molar-refractivity contribution in [3.63, 3.8) is 0 Å². The molecule has 3 atom stereocenters. The van der Waals surface area contributed by atoms with Crippen molar-refractivity contribution in [2.75, 3.05) is 13.2 Å². The number of esters is 1. The fourth-order valence-electron chi connectivity index (χ4n) is 3.37. The molecule has 3 unspecified atom stereocenters. The quantitative estimate of drug-likeness (QED) is 0.803. The molecule has 0 amide bonds. The Balaban J connectivity index is 1.75. The highest BCUT2D eigenvalue weighted by Gasteiger charge is 2.55. The number of hydrogen-bond donors (Lipinski definition) is 1. The van der Waals surface area contributed by atoms with Crippen molar-refractivity contribution in [1.29, 1.82) is 0 Å². The van der Waals surface area contributed by atoms with Crippen LogP contribution in [0.15, 0.2) is 9.98 Å². The second-order valence-electron chi connectivity index (χ2n) is 6.98. The van der Waals surface area contributed by atoms with Crippen LogP contribution in [-0.4, -0.2) is 35.7 Å². The molecule has 1 aliphatic heterocycles. The number of ether oxygens (including phenoxy) is 2. The minimum atomic E-state index is -0.492. The fraction of sp³-hybridized carbons (Fsp3) is 0.733. The number of thiazole rings is 1. The molecule has 2 bridgehead atoms. The lowest BCUT2D eigenvalue weighted by atomic mass is 9.90. The van der Waals surface area contributed by atoms with Gasteiger partial charge in [-0.1, -0.05) is 0 Å². The maximum absolute atomic E-state index is 12.0. The Morgan fingerprint density at radius 3 is 2.86 bits per heavy atom. The largest absolute Gasteiger partial charge is 0.458 e. The van der Waals surface area contributed by atoms with Gasteiger partial charge in [0.2, 0.25) is 0 Å². The molecular formula is C15H21BrN2O3S. The smallest absolute Gasteiger partial charge is 0.332 e. The Morgan fingerprint density at radius 2 is 2.36 bits per heavy atom. The van der Waals surface area contributed by atoms with Crippen LogP contribution in [-0.2, 0) is 19.9 Å². The van der Waals surface area contributed by atoms with Gasteiger partial charge in [0.15, 0.2) is 0 Å². The first-order valence-electron chi connectivity index (χ1n) is 7.49. The molecule has 0 aromatic carbocycles. The van der Waals surface area contributed by atoms with E-state index in [9.17, 15) is 4.79 Å². The Labute approximate surface area is 142 Å². The van der Waals surface area contributed by atoms with E-state index in [0.29, 0.717) is 12.0 Å². The molecule has 0 spiro atoms. The third-order valence-corrected chi connectivity index (χ3v) is 5.85. The SMILES string of the molecule is CC(C)(C)OC(=O)COC1(c2nc(Br)cs2)CC2CC1CN2. The zero-order chi connectivity index (χ0) is 16.0. The van der Waals surface area contributed by atoms with Gasteiger partial charge in [-0.15, -0.1) is 11.3 Å². The summed E-state index contributed by atoms with van der Waals surface area (Å²) in [5.74, 6) is 0.0382. The van der Waals surface area contributed by atoms with Crippen LogP contribution < -0.4 is 5.32 Å². The number of piperidine rings is 1. The van der Waals surface area contributed by atoms with E-state index in [2.05, 4.69) is 26.2 Å². The van der Waals surface area contributed by atoms with E-state index in [1.54, 1.807) is 11.3 Å². The first-order chi connectivity index (χ1) is 10.3. The first-order valence-corrected chi connectivity index (χ1v) is 9.16. The van der Waals surface area contributed by atoms with Crippen LogP contribution >= 0.6 is 27.3 Å². The minimum absolute atomic E-state index is 0.0301. The van der Waals surface area contributed by atoms with Crippen LogP contribution in [0, 0.1) is 5.92 Å². The summed E-state index contributed by atoms with van der Waals surface area (Å²) in [6.45, 7) is 6.47. The van der Waals surface area contributed by atoms with Gasteiger partial charge in [-0.05, 0) is 49.5 Å². The van der Waals surface area contributed by atoms with Gasteiger partial charge >= 0.3 is 5.97 Å². The standard InChI is InChI=1S/C15H21BrN2O3S/c1-14(2,3)21-12(19)7-20-15(13-18-11(16)8-22-13)5-10-4-9(15)6-17-10/h8-10,17H,4-7H2,1-3H3. The summed E-state index contributed by atoms with van der Waals surface area (Å²) in [6, 6.07) is 0.450. The van der Waals surface area contributed by atoms with Crippen LogP contribution in [0.1, 0.15) is 38.6 Å². The number of hydrogen-bond acceptors (Lipinski definition) is 6. The number of nitrogens with zero attached hydrogens (tertiary/aromatic N) is 1. The molecule has 5 nitrogen and oxygen atoms in total. The second-order valence-corrected chi connectivity index (χ2v) is 8.65. The average Bonchev–Trinajstić information content (AvgIpc) is 3.09. The number of aromatic nitrogens is 1. The first kappa shape index (κ1) is 16.4. The van der Waals surface area contributed by atoms with E-state index in [4.69, 9.17) is 9.47 Å². The van der Waals surface area contributed by atoms with Crippen LogP contribution in [0.25, 0.3) is 0 Å². The number of carbonyl (C=O) groups is 1. The number of halogens is 1. The maximum Gasteiger partial charge on any atom is 0.332 e. The van der Waals surface area contributed by atoms with Gasteiger partial charge in [0, 0.05) is 23.9 Å². The van der Waals surface area contributed by atoms with Gasteiger partial charge in [0.25, 0.3) is 0 Å². The van der Waals surface area contributed by atoms with Gasteiger partial charge in [0.1, 0.15) is 27.4 Å². The second kappa shape index (κ2) is 5.85. The van der Waals surface area contributed by atoms with Crippen molar-refractivity contribution >= 4 is 33.2 Å². The molecule has 1 aromatic rings. The Kier molecular flexibility index (Phi) is 4.35. The van der Waals surface area contributed by atoms with E-state index in [0.717, 1.165) is 29.0 Å². The maximum atomic E-state index is 12.0. The van der Waals surface area contributed by atoms with Crippen LogP contribution in [0.5, 0.6) is 0 Å². The zero-order valence-electron chi connectivity index (χ0n) is 13.0. The molecule has 1 N–H and O–H groups in total. The average molecular weight is 389 g/mol. The van der Waals surface area contributed by atoms with E-state index >= 15 is 0 Å². The molecule has 2 fully saturated rings. The van der Waals surface area contributed by atoms with Gasteiger partial charge in [0.05, 0.1) is 0 Å². The Morgan fingerprint density at radius 1 is 1.59 bits per heavy atom. The van der Waals surface area contributed by atoms with E-state index in [1.165, 1.54) is 0 Å². The monoisotopic (exact) mass is 388 g/mol. The predicted octanol–water partition coefficient (Wildman–Crippen LogP) is 2.84. The summed E-state index contributed by atoms with van der Waals surface area (Å²) in [5.41, 5.74) is -0.947. The van der Waals surface area contributed by atoms with Crippen LogP contribution in [0.4, 0.5) is 0 Å². The number of fused-ring (bicyclic) bond motifs is 2. The summed E-state index contributed by atoms with van der Waals surface area (Å²) in [4.78, 5) is 16.6. The number of rotatable bonds is 4. The number of nitrogens with one attached hydrogen (secondary N) is 1. The summed E-state index contributed by atoms with van der Waals surface area (Å²) in [7, 11) is 0. The topological polar surface area (TPSA) is 60.5 Å². The van der Waals surface area contributed by atoms with Crippen LogP contribution in [0.3, 0.4) is 0 Å². The Bertz CT molecular complexity index is 571. The molecule has 122 valence electrons. The van der Waals surface area contributed by atoms with Crippen molar-refractivity contribution in [2.45, 2.75) is 50.9 Å². The van der Waals surface area contributed by atoms with Gasteiger partial charge in [-0.3, -0.25) is 0 Å². The number of carbonyl (C=O) groups excluding carboxylic acids is 1. The van der Waals surface area contributed by atoms with E-state index in [-0.39, 0.29) is 12.6 Å². The lowest BCUT2D eigenvalue weighted by molar-refractivity contribution is -0.171. The molecule has 7 heteroatoms. The molecule has 22 heavy (non-hydrogen) atoms. The minimum Gasteiger partial charge on any atom is -0.458 e. The zero-order valence-corrected chi connectivity index (χ0v) is 15.4. The van der Waals surface area contributed by atoms with Crippen molar-refractivity contribution < 1.29 is 14.3 Å². The highest BCUT2D eigenvalue weighted by Crippen LogP contribution is 2.50. The van der Waals surface area contributed by atoms with Crippen molar-refractivity contribution in [1.82, 2.24) is 10.3 Å². The highest BCUT2D eigenvalue weighted by molar-refractivity contribution is 9.10. The van der Waals surface area contributed by atoms with E-state index in [1.807, 2.05) is 26.2 Å². The molecule has 1 aliphatic carbocycles. The van der Waals surface area contributed by atoms with Gasteiger partial charge in [-0.25, -0.2) is 9.78 Å². The van der Waals surface area contributed by atoms with Crippen LogP contribution in [0.2, 0.25) is 0 Å². The fourth-order valence-corrected chi connectivity index (χ4v) is 4.87. The third kappa shape index (κ3) is 3.22. The lowest BCUT2D eigenvalue weighted by Gasteiger charge is -2.36. The molecule has 0 radical (unpaired) electrons. The Hall–Kier alpha value is -0.500. The van der Waals surface area contributed by atoms with E-state index < -0.39 is 11.2 Å². The van der Waals surface area contributed by atoms with Crippen molar-refractivity contribution in [3.05, 3.63) is 15.0 Å². The molecule has 1 saturated carbocycles. The molecule has 2 aliphatic rings. The molecular weight excluding hydrogens is 368 g/mol. The normalized spacial score (nSPS) is 30.7. The van der Waals surface area contributed by atoms with Gasteiger partial charge in [-0.2, -0.15) is 0 Å². The van der Waals surface area contributed by atoms with Gasteiger partial charge < -0.3 is 14.8 Å². The summed E-state index contributed by atoms with van der Waals surface area (Å²) in [6.07, 6.45) is 1.94. The molecule has 3 rings (SSSR count).